The van der Waals surface area contributed by atoms with Crippen LogP contribution < -0.4 is 5.73 Å². The van der Waals surface area contributed by atoms with Crippen molar-refractivity contribution in [2.24, 2.45) is 12.8 Å². The van der Waals surface area contributed by atoms with E-state index >= 15 is 0 Å². The van der Waals surface area contributed by atoms with Gasteiger partial charge in [0.2, 0.25) is 0 Å². The van der Waals surface area contributed by atoms with Gasteiger partial charge in [0.1, 0.15) is 0 Å². The van der Waals surface area contributed by atoms with E-state index in [1.807, 2.05) is 0 Å². The van der Waals surface area contributed by atoms with Gasteiger partial charge in [-0.15, -0.1) is 0 Å². The molecule has 0 aliphatic heterocycles. The standard InChI is InChI=1S/C8H13F2N3/c1-5-7(8(9,10)4-11)6(2)13(3)12-5/h4,11H2,1-3H3. The number of nitrogens with two attached hydrogens (primary N) is 1. The molecule has 0 aliphatic carbocycles. The Bertz CT molecular complexity index is 317. The molecule has 5 heteroatoms. The third-order valence-electron chi connectivity index (χ3n) is 2.13. The van der Waals surface area contributed by atoms with Crippen molar-refractivity contribution in [1.82, 2.24) is 9.78 Å². The average molecular weight is 189 g/mol. The zero-order chi connectivity index (χ0) is 10.2. The predicted molar refractivity (Wildman–Crippen MR) is 45.6 cm³/mol. The Balaban J connectivity index is 3.28. The molecule has 13 heavy (non-hydrogen) atoms. The monoisotopic (exact) mass is 189 g/mol. The van der Waals surface area contributed by atoms with Gasteiger partial charge in [-0.3, -0.25) is 4.68 Å². The van der Waals surface area contributed by atoms with E-state index in [9.17, 15) is 8.78 Å². The first-order chi connectivity index (χ1) is 5.90. The summed E-state index contributed by atoms with van der Waals surface area (Å²) in [6.07, 6.45) is 0. The normalized spacial score (nSPS) is 12.2. The largest absolute Gasteiger partial charge is 0.325 e. The highest BCUT2D eigenvalue weighted by atomic mass is 19.3. The van der Waals surface area contributed by atoms with E-state index in [1.54, 1.807) is 20.9 Å². The molecule has 74 valence electrons. The minimum Gasteiger partial charge on any atom is -0.325 e. The molecule has 0 aromatic carbocycles. The summed E-state index contributed by atoms with van der Waals surface area (Å²) >= 11 is 0. The van der Waals surface area contributed by atoms with Crippen molar-refractivity contribution in [3.05, 3.63) is 17.0 Å². The SMILES string of the molecule is Cc1nn(C)c(C)c1C(F)(F)CN. The van der Waals surface area contributed by atoms with E-state index in [1.165, 1.54) is 4.68 Å². The summed E-state index contributed by atoms with van der Waals surface area (Å²) in [6.45, 7) is 2.49. The van der Waals surface area contributed by atoms with Crippen LogP contribution in [-0.2, 0) is 13.0 Å². The number of aryl methyl sites for hydroxylation is 2. The van der Waals surface area contributed by atoms with Crippen molar-refractivity contribution in [3.63, 3.8) is 0 Å². The first kappa shape index (κ1) is 10.1. The second kappa shape index (κ2) is 3.06. The second-order valence-corrected chi connectivity index (χ2v) is 3.08. The average Bonchev–Trinajstić information content (AvgIpc) is 2.27. The Hall–Kier alpha value is -0.970. The zero-order valence-corrected chi connectivity index (χ0v) is 7.93. The van der Waals surface area contributed by atoms with E-state index in [-0.39, 0.29) is 5.56 Å². The maximum atomic E-state index is 13.2. The molecule has 3 nitrogen and oxygen atoms in total. The summed E-state index contributed by atoms with van der Waals surface area (Å²) in [4.78, 5) is 0. The lowest BCUT2D eigenvalue weighted by molar-refractivity contribution is 0.00461. The van der Waals surface area contributed by atoms with E-state index in [2.05, 4.69) is 5.10 Å². The molecule has 0 amide bonds. The summed E-state index contributed by atoms with van der Waals surface area (Å²) in [5.41, 5.74) is 5.76. The van der Waals surface area contributed by atoms with Gasteiger partial charge in [0, 0.05) is 12.7 Å². The lowest BCUT2D eigenvalue weighted by Gasteiger charge is -2.14. The van der Waals surface area contributed by atoms with Gasteiger partial charge in [0.05, 0.1) is 17.8 Å². The molecule has 0 bridgehead atoms. The molecule has 1 rings (SSSR count). The summed E-state index contributed by atoms with van der Waals surface area (Å²) in [5.74, 6) is -2.97. The molecular weight excluding hydrogens is 176 g/mol. The van der Waals surface area contributed by atoms with Crippen LogP contribution >= 0.6 is 0 Å². The van der Waals surface area contributed by atoms with Crippen LogP contribution in [0.15, 0.2) is 0 Å². The molecule has 0 saturated heterocycles. The van der Waals surface area contributed by atoms with Crippen molar-refractivity contribution < 1.29 is 8.78 Å². The molecule has 0 radical (unpaired) electrons. The maximum absolute atomic E-state index is 13.2. The number of hydrogen-bond acceptors (Lipinski definition) is 2. The van der Waals surface area contributed by atoms with Crippen molar-refractivity contribution >= 4 is 0 Å². The number of nitrogens with zero attached hydrogens (tertiary/aromatic N) is 2. The van der Waals surface area contributed by atoms with Crippen LogP contribution in [0.4, 0.5) is 8.78 Å². The van der Waals surface area contributed by atoms with Gasteiger partial charge in [-0.05, 0) is 13.8 Å². The van der Waals surface area contributed by atoms with E-state index in [0.29, 0.717) is 11.4 Å². The maximum Gasteiger partial charge on any atom is 0.288 e. The van der Waals surface area contributed by atoms with Crippen LogP contribution in [0, 0.1) is 13.8 Å². The van der Waals surface area contributed by atoms with Gasteiger partial charge >= 0.3 is 0 Å². The fourth-order valence-electron chi connectivity index (χ4n) is 1.41. The molecule has 0 saturated carbocycles. The third-order valence-corrected chi connectivity index (χ3v) is 2.13. The number of halogens is 2. The lowest BCUT2D eigenvalue weighted by atomic mass is 10.1. The minimum absolute atomic E-state index is 0.0440. The number of alkyl halides is 2. The molecular formula is C8H13F2N3. The van der Waals surface area contributed by atoms with Gasteiger partial charge in [-0.2, -0.15) is 13.9 Å². The lowest BCUT2D eigenvalue weighted by Crippen LogP contribution is -2.26. The Morgan fingerprint density at radius 1 is 1.46 bits per heavy atom. The third kappa shape index (κ3) is 1.56. The molecule has 1 aromatic heterocycles. The van der Waals surface area contributed by atoms with Crippen molar-refractivity contribution in [2.75, 3.05) is 6.54 Å². The number of rotatable bonds is 2. The van der Waals surface area contributed by atoms with Crippen LogP contribution in [0.3, 0.4) is 0 Å². The molecule has 0 atom stereocenters. The van der Waals surface area contributed by atoms with Gasteiger partial charge < -0.3 is 5.73 Å². The van der Waals surface area contributed by atoms with Crippen LogP contribution in [-0.4, -0.2) is 16.3 Å². The molecule has 1 aromatic rings. The van der Waals surface area contributed by atoms with E-state index in [4.69, 9.17) is 5.73 Å². The van der Waals surface area contributed by atoms with Crippen molar-refractivity contribution in [3.8, 4) is 0 Å². The predicted octanol–water partition coefficient (Wildman–Crippen LogP) is 1.09. The minimum atomic E-state index is -2.97. The van der Waals surface area contributed by atoms with Gasteiger partial charge in [0.15, 0.2) is 0 Å². The summed E-state index contributed by atoms with van der Waals surface area (Å²) in [6, 6.07) is 0. The fraction of sp³-hybridized carbons (Fsp3) is 0.625. The van der Waals surface area contributed by atoms with Gasteiger partial charge in [-0.25, -0.2) is 0 Å². The highest BCUT2D eigenvalue weighted by molar-refractivity contribution is 5.29. The first-order valence-corrected chi connectivity index (χ1v) is 3.98. The Labute approximate surface area is 75.5 Å². The van der Waals surface area contributed by atoms with Crippen LogP contribution in [0.2, 0.25) is 0 Å². The van der Waals surface area contributed by atoms with Crippen LogP contribution in [0.1, 0.15) is 17.0 Å². The summed E-state index contributed by atoms with van der Waals surface area (Å²) < 4.78 is 27.9. The highest BCUT2D eigenvalue weighted by Crippen LogP contribution is 2.31. The number of hydrogen-bond donors (Lipinski definition) is 1. The van der Waals surface area contributed by atoms with Crippen molar-refractivity contribution in [1.29, 1.82) is 0 Å². The van der Waals surface area contributed by atoms with Gasteiger partial charge in [-0.1, -0.05) is 0 Å². The van der Waals surface area contributed by atoms with Crippen LogP contribution in [0.5, 0.6) is 0 Å². The molecule has 0 aliphatic rings. The Morgan fingerprint density at radius 3 is 2.31 bits per heavy atom. The molecule has 1 heterocycles. The summed E-state index contributed by atoms with van der Waals surface area (Å²) in [7, 11) is 1.64. The fourth-order valence-corrected chi connectivity index (χ4v) is 1.41. The van der Waals surface area contributed by atoms with Crippen LogP contribution in [0.25, 0.3) is 0 Å². The molecule has 0 spiro atoms. The Kier molecular flexibility index (Phi) is 2.38. The van der Waals surface area contributed by atoms with Crippen molar-refractivity contribution in [2.45, 2.75) is 19.8 Å². The molecule has 0 unspecified atom stereocenters. The smallest absolute Gasteiger partial charge is 0.288 e. The van der Waals surface area contributed by atoms with Gasteiger partial charge in [0.25, 0.3) is 5.92 Å². The zero-order valence-electron chi connectivity index (χ0n) is 7.93. The summed E-state index contributed by atoms with van der Waals surface area (Å²) in [5, 5.41) is 3.91. The molecule has 2 N–H and O–H groups in total. The highest BCUT2D eigenvalue weighted by Gasteiger charge is 2.35. The van der Waals surface area contributed by atoms with E-state index in [0.717, 1.165) is 0 Å². The topological polar surface area (TPSA) is 43.8 Å². The van der Waals surface area contributed by atoms with E-state index < -0.39 is 12.5 Å². The Morgan fingerprint density at radius 2 is 2.00 bits per heavy atom. The number of aromatic nitrogens is 2. The quantitative estimate of drug-likeness (QED) is 0.756. The molecule has 0 fully saturated rings. The second-order valence-electron chi connectivity index (χ2n) is 3.08. The first-order valence-electron chi connectivity index (χ1n) is 3.98.